The Bertz CT molecular complexity index is 418. The number of carboxylic acid groups (broad SMARTS) is 1. The molecule has 0 spiro atoms. The van der Waals surface area contributed by atoms with E-state index in [2.05, 4.69) is 5.32 Å². The molecule has 0 aromatic heterocycles. The zero-order chi connectivity index (χ0) is 12.4. The monoisotopic (exact) mass is 237 g/mol. The first-order valence-electron chi connectivity index (χ1n) is 5.82. The molecule has 1 aliphatic rings. The molecule has 1 saturated carbocycles. The quantitative estimate of drug-likeness (QED) is 0.826. The van der Waals surface area contributed by atoms with Gasteiger partial charge in [0.15, 0.2) is 0 Å². The molecule has 2 N–H and O–H groups in total. The molecule has 92 valence electrons. The fraction of sp³-hybridized carbons (Fsp3) is 0.462. The number of hydrogen-bond donors (Lipinski definition) is 2. The fourth-order valence-electron chi connectivity index (χ4n) is 1.98. The highest BCUT2D eigenvalue weighted by Gasteiger charge is 2.36. The van der Waals surface area contributed by atoms with Gasteiger partial charge in [0, 0.05) is 6.04 Å². The number of hydrogen-bond acceptors (Lipinski definition) is 2. The average molecular weight is 237 g/mol. The van der Waals surface area contributed by atoms with Crippen molar-refractivity contribution in [1.29, 1.82) is 0 Å². The number of rotatable bonds is 5. The topological polar surface area (TPSA) is 49.3 Å². The lowest BCUT2D eigenvalue weighted by Crippen LogP contribution is -2.40. The molecule has 17 heavy (non-hydrogen) atoms. The van der Waals surface area contributed by atoms with Gasteiger partial charge in [-0.15, -0.1) is 0 Å². The SMILES string of the molecule is C[C@@H](NC(C(=O)O)C1CC1)c1cccc(F)c1. The van der Waals surface area contributed by atoms with E-state index < -0.39 is 12.0 Å². The van der Waals surface area contributed by atoms with E-state index in [-0.39, 0.29) is 17.8 Å². The van der Waals surface area contributed by atoms with Gasteiger partial charge >= 0.3 is 5.97 Å². The highest BCUT2D eigenvalue weighted by Crippen LogP contribution is 2.33. The predicted octanol–water partition coefficient (Wildman–Crippen LogP) is 2.34. The van der Waals surface area contributed by atoms with E-state index in [1.54, 1.807) is 12.1 Å². The van der Waals surface area contributed by atoms with Crippen molar-refractivity contribution >= 4 is 5.97 Å². The molecule has 2 rings (SSSR count). The first-order valence-corrected chi connectivity index (χ1v) is 5.82. The Morgan fingerprint density at radius 3 is 2.76 bits per heavy atom. The Hall–Kier alpha value is -1.42. The van der Waals surface area contributed by atoms with Crippen LogP contribution in [0.5, 0.6) is 0 Å². The third-order valence-corrected chi connectivity index (χ3v) is 3.14. The standard InChI is InChI=1S/C13H16FNO2/c1-8(10-3-2-4-11(14)7-10)15-12(13(16)17)9-5-6-9/h2-4,7-9,12,15H,5-6H2,1H3,(H,16,17)/t8-,12?/m1/s1. The lowest BCUT2D eigenvalue weighted by Gasteiger charge is -2.20. The molecule has 1 aromatic rings. The lowest BCUT2D eigenvalue weighted by molar-refractivity contribution is -0.140. The van der Waals surface area contributed by atoms with Gasteiger partial charge in [-0.1, -0.05) is 12.1 Å². The molecule has 1 fully saturated rings. The van der Waals surface area contributed by atoms with Gasteiger partial charge in [0.25, 0.3) is 0 Å². The van der Waals surface area contributed by atoms with E-state index in [4.69, 9.17) is 5.11 Å². The summed E-state index contributed by atoms with van der Waals surface area (Å²) in [5.74, 6) is -0.895. The van der Waals surface area contributed by atoms with Crippen LogP contribution in [0.4, 0.5) is 4.39 Å². The van der Waals surface area contributed by atoms with Crippen LogP contribution in [0.3, 0.4) is 0 Å². The Morgan fingerprint density at radius 1 is 1.53 bits per heavy atom. The Labute approximate surface area is 99.7 Å². The molecule has 2 atom stereocenters. The molecule has 0 heterocycles. The summed E-state index contributed by atoms with van der Waals surface area (Å²) in [6, 6.07) is 5.57. The van der Waals surface area contributed by atoms with Crippen molar-refractivity contribution in [2.75, 3.05) is 0 Å². The number of carboxylic acids is 1. The normalized spacial score (nSPS) is 18.7. The minimum Gasteiger partial charge on any atom is -0.480 e. The number of benzene rings is 1. The van der Waals surface area contributed by atoms with Crippen LogP contribution in [0.2, 0.25) is 0 Å². The van der Waals surface area contributed by atoms with Crippen LogP contribution in [0.15, 0.2) is 24.3 Å². The molecule has 4 heteroatoms. The Kier molecular flexibility index (Phi) is 3.43. The van der Waals surface area contributed by atoms with Gasteiger partial charge in [0.2, 0.25) is 0 Å². The summed E-state index contributed by atoms with van der Waals surface area (Å²) in [5.41, 5.74) is 0.775. The van der Waals surface area contributed by atoms with Crippen LogP contribution in [0.1, 0.15) is 31.4 Å². The zero-order valence-corrected chi connectivity index (χ0v) is 9.69. The van der Waals surface area contributed by atoms with E-state index in [1.165, 1.54) is 12.1 Å². The van der Waals surface area contributed by atoms with Crippen LogP contribution < -0.4 is 5.32 Å². The van der Waals surface area contributed by atoms with Gasteiger partial charge in [-0.3, -0.25) is 10.1 Å². The molecule has 1 aromatic carbocycles. The molecule has 1 aliphatic carbocycles. The van der Waals surface area contributed by atoms with Crippen molar-refractivity contribution in [3.05, 3.63) is 35.6 Å². The summed E-state index contributed by atoms with van der Waals surface area (Å²) in [7, 11) is 0. The third-order valence-electron chi connectivity index (χ3n) is 3.14. The Balaban J connectivity index is 2.04. The van der Waals surface area contributed by atoms with Gasteiger partial charge < -0.3 is 5.11 Å². The van der Waals surface area contributed by atoms with Gasteiger partial charge in [-0.2, -0.15) is 0 Å². The Morgan fingerprint density at radius 2 is 2.24 bits per heavy atom. The molecular formula is C13H16FNO2. The van der Waals surface area contributed by atoms with Crippen molar-refractivity contribution < 1.29 is 14.3 Å². The van der Waals surface area contributed by atoms with E-state index >= 15 is 0 Å². The minimum absolute atomic E-state index is 0.160. The maximum absolute atomic E-state index is 13.1. The fourth-order valence-corrected chi connectivity index (χ4v) is 1.98. The van der Waals surface area contributed by atoms with Gasteiger partial charge in [-0.25, -0.2) is 4.39 Å². The molecule has 0 amide bonds. The number of nitrogens with one attached hydrogen (secondary N) is 1. The number of carbonyl (C=O) groups is 1. The number of halogens is 1. The molecule has 3 nitrogen and oxygen atoms in total. The van der Waals surface area contributed by atoms with E-state index in [0.29, 0.717) is 0 Å². The highest BCUT2D eigenvalue weighted by molar-refractivity contribution is 5.74. The van der Waals surface area contributed by atoms with Crippen LogP contribution in [-0.4, -0.2) is 17.1 Å². The molecule has 0 bridgehead atoms. The van der Waals surface area contributed by atoms with Crippen molar-refractivity contribution in [3.8, 4) is 0 Å². The van der Waals surface area contributed by atoms with Crippen LogP contribution >= 0.6 is 0 Å². The summed E-state index contributed by atoms with van der Waals surface area (Å²) in [5, 5.41) is 12.2. The lowest BCUT2D eigenvalue weighted by atomic mass is 10.1. The number of aliphatic carboxylic acids is 1. The van der Waals surface area contributed by atoms with Crippen molar-refractivity contribution in [3.63, 3.8) is 0 Å². The largest absolute Gasteiger partial charge is 0.480 e. The van der Waals surface area contributed by atoms with Gasteiger partial charge in [0.1, 0.15) is 11.9 Å². The molecule has 0 saturated heterocycles. The second kappa shape index (κ2) is 4.84. The first-order chi connectivity index (χ1) is 8.08. The molecule has 0 radical (unpaired) electrons. The smallest absolute Gasteiger partial charge is 0.320 e. The van der Waals surface area contributed by atoms with Crippen molar-refractivity contribution in [2.45, 2.75) is 31.8 Å². The summed E-state index contributed by atoms with van der Waals surface area (Å²) < 4.78 is 13.1. The molecular weight excluding hydrogens is 221 g/mol. The second-order valence-corrected chi connectivity index (χ2v) is 4.60. The summed E-state index contributed by atoms with van der Waals surface area (Å²) in [6.45, 7) is 1.85. The maximum Gasteiger partial charge on any atom is 0.320 e. The van der Waals surface area contributed by atoms with Gasteiger partial charge in [0.05, 0.1) is 0 Å². The van der Waals surface area contributed by atoms with Crippen LogP contribution in [-0.2, 0) is 4.79 Å². The van der Waals surface area contributed by atoms with E-state index in [0.717, 1.165) is 18.4 Å². The van der Waals surface area contributed by atoms with Crippen LogP contribution in [0.25, 0.3) is 0 Å². The molecule has 1 unspecified atom stereocenters. The van der Waals surface area contributed by atoms with Gasteiger partial charge in [-0.05, 0) is 43.4 Å². The predicted molar refractivity (Wildman–Crippen MR) is 62.1 cm³/mol. The first kappa shape index (κ1) is 12.0. The molecule has 0 aliphatic heterocycles. The third kappa shape index (κ3) is 3.03. The zero-order valence-electron chi connectivity index (χ0n) is 9.69. The summed E-state index contributed by atoms with van der Waals surface area (Å²) in [6.07, 6.45) is 1.92. The second-order valence-electron chi connectivity index (χ2n) is 4.60. The highest BCUT2D eigenvalue weighted by atomic mass is 19.1. The average Bonchev–Trinajstić information content (AvgIpc) is 3.09. The van der Waals surface area contributed by atoms with Crippen molar-refractivity contribution in [1.82, 2.24) is 5.32 Å². The summed E-state index contributed by atoms with van der Waals surface area (Å²) in [4.78, 5) is 11.1. The van der Waals surface area contributed by atoms with Crippen molar-refractivity contribution in [2.24, 2.45) is 5.92 Å². The van der Waals surface area contributed by atoms with Crippen LogP contribution in [0, 0.1) is 11.7 Å². The maximum atomic E-state index is 13.1. The minimum atomic E-state index is -0.823. The summed E-state index contributed by atoms with van der Waals surface area (Å²) >= 11 is 0. The van der Waals surface area contributed by atoms with E-state index in [9.17, 15) is 9.18 Å². The van der Waals surface area contributed by atoms with E-state index in [1.807, 2.05) is 6.92 Å².